The van der Waals surface area contributed by atoms with Gasteiger partial charge < -0.3 is 10.2 Å². The molecule has 0 atom stereocenters. The van der Waals surface area contributed by atoms with E-state index >= 15 is 0 Å². The van der Waals surface area contributed by atoms with Crippen LogP contribution in [-0.4, -0.2) is 37.0 Å². The number of carbonyl (C=O) groups is 1. The molecule has 1 aliphatic carbocycles. The van der Waals surface area contributed by atoms with Crippen LogP contribution in [0.25, 0.3) is 0 Å². The van der Waals surface area contributed by atoms with Gasteiger partial charge in [-0.2, -0.15) is 0 Å². The van der Waals surface area contributed by atoms with E-state index in [1.807, 2.05) is 0 Å². The molecule has 1 aromatic carbocycles. The van der Waals surface area contributed by atoms with Crippen LogP contribution in [0, 0.1) is 12.7 Å². The number of rotatable bonds is 5. The van der Waals surface area contributed by atoms with Crippen LogP contribution in [-0.2, 0) is 0 Å². The highest BCUT2D eigenvalue weighted by atomic mass is 19.1. The molecule has 0 aliphatic heterocycles. The number of carbonyl (C=O) groups excluding carboxylic acids is 1. The third-order valence-corrected chi connectivity index (χ3v) is 4.13. The molecule has 1 aliphatic rings. The van der Waals surface area contributed by atoms with Gasteiger partial charge in [0.15, 0.2) is 0 Å². The lowest BCUT2D eigenvalue weighted by atomic mass is 10.1. The Morgan fingerprint density at radius 1 is 1.40 bits per heavy atom. The standard InChI is InChI=1S/C16H23FN2O/c1-12-6-5-9-14(15(12)17)16(20)18-10-11-19(2)13-7-3-4-8-13/h5-6,9,13H,3-4,7-8,10-11H2,1-2H3,(H,18,20). The summed E-state index contributed by atoms with van der Waals surface area (Å²) in [6, 6.07) is 5.54. The molecule has 2 rings (SSSR count). The van der Waals surface area contributed by atoms with Crippen molar-refractivity contribution < 1.29 is 9.18 Å². The van der Waals surface area contributed by atoms with Crippen molar-refractivity contribution in [2.24, 2.45) is 0 Å². The summed E-state index contributed by atoms with van der Waals surface area (Å²) in [5, 5.41) is 2.80. The van der Waals surface area contributed by atoms with E-state index in [4.69, 9.17) is 0 Å². The summed E-state index contributed by atoms with van der Waals surface area (Å²) >= 11 is 0. The second kappa shape index (κ2) is 6.84. The van der Waals surface area contributed by atoms with Gasteiger partial charge in [-0.05, 0) is 38.4 Å². The SMILES string of the molecule is Cc1cccc(C(=O)NCCN(C)C2CCCC2)c1F. The lowest BCUT2D eigenvalue weighted by molar-refractivity contribution is 0.0943. The zero-order valence-corrected chi connectivity index (χ0v) is 12.3. The zero-order chi connectivity index (χ0) is 14.5. The van der Waals surface area contributed by atoms with Crippen molar-refractivity contribution in [3.8, 4) is 0 Å². The van der Waals surface area contributed by atoms with Crippen molar-refractivity contribution in [2.75, 3.05) is 20.1 Å². The molecule has 3 nitrogen and oxygen atoms in total. The number of amides is 1. The molecular weight excluding hydrogens is 255 g/mol. The van der Waals surface area contributed by atoms with Crippen LogP contribution in [0.15, 0.2) is 18.2 Å². The van der Waals surface area contributed by atoms with E-state index in [0.717, 1.165) is 6.54 Å². The van der Waals surface area contributed by atoms with Gasteiger partial charge in [0.1, 0.15) is 5.82 Å². The van der Waals surface area contributed by atoms with Crippen LogP contribution < -0.4 is 5.32 Å². The minimum Gasteiger partial charge on any atom is -0.351 e. The number of aryl methyl sites for hydroxylation is 1. The Balaban J connectivity index is 1.81. The van der Waals surface area contributed by atoms with Crippen LogP contribution in [0.3, 0.4) is 0 Å². The maximum atomic E-state index is 13.8. The molecule has 1 amide bonds. The first-order chi connectivity index (χ1) is 9.59. The molecule has 1 aromatic rings. The summed E-state index contributed by atoms with van der Waals surface area (Å²) in [4.78, 5) is 14.2. The fourth-order valence-corrected chi connectivity index (χ4v) is 2.79. The highest BCUT2D eigenvalue weighted by molar-refractivity contribution is 5.94. The Labute approximate surface area is 120 Å². The predicted octanol–water partition coefficient (Wildman–Crippen LogP) is 2.74. The Kier molecular flexibility index (Phi) is 5.12. The molecule has 110 valence electrons. The normalized spacial score (nSPS) is 15.8. The second-order valence-corrected chi connectivity index (χ2v) is 5.61. The van der Waals surface area contributed by atoms with Gasteiger partial charge in [-0.1, -0.05) is 25.0 Å². The molecule has 0 saturated heterocycles. The molecule has 0 heterocycles. The number of hydrogen-bond acceptors (Lipinski definition) is 2. The number of hydrogen-bond donors (Lipinski definition) is 1. The number of halogens is 1. The topological polar surface area (TPSA) is 32.3 Å². The average molecular weight is 278 g/mol. The van der Waals surface area contributed by atoms with E-state index in [9.17, 15) is 9.18 Å². The summed E-state index contributed by atoms with van der Waals surface area (Å²) in [7, 11) is 2.09. The molecule has 0 aromatic heterocycles. The van der Waals surface area contributed by atoms with E-state index in [2.05, 4.69) is 17.3 Å². The monoisotopic (exact) mass is 278 g/mol. The van der Waals surface area contributed by atoms with Crippen LogP contribution in [0.1, 0.15) is 41.6 Å². The maximum absolute atomic E-state index is 13.8. The zero-order valence-electron chi connectivity index (χ0n) is 12.3. The molecule has 1 saturated carbocycles. The van der Waals surface area contributed by atoms with Crippen LogP contribution in [0.4, 0.5) is 4.39 Å². The Hall–Kier alpha value is -1.42. The van der Waals surface area contributed by atoms with Gasteiger partial charge in [0.25, 0.3) is 5.91 Å². The fourth-order valence-electron chi connectivity index (χ4n) is 2.79. The van der Waals surface area contributed by atoms with Crippen LogP contribution in [0.5, 0.6) is 0 Å². The van der Waals surface area contributed by atoms with Crippen molar-refractivity contribution in [1.82, 2.24) is 10.2 Å². The van der Waals surface area contributed by atoms with Gasteiger partial charge in [0, 0.05) is 19.1 Å². The van der Waals surface area contributed by atoms with Gasteiger partial charge in [0.05, 0.1) is 5.56 Å². The first kappa shape index (κ1) is 15.0. The van der Waals surface area contributed by atoms with Gasteiger partial charge in [-0.15, -0.1) is 0 Å². The molecule has 0 spiro atoms. The number of nitrogens with one attached hydrogen (secondary N) is 1. The lowest BCUT2D eigenvalue weighted by Gasteiger charge is -2.23. The number of likely N-dealkylation sites (N-methyl/N-ethyl adjacent to an activating group) is 1. The molecule has 4 heteroatoms. The molecule has 20 heavy (non-hydrogen) atoms. The third kappa shape index (κ3) is 3.57. The van der Waals surface area contributed by atoms with Crippen LogP contribution >= 0.6 is 0 Å². The average Bonchev–Trinajstić information content (AvgIpc) is 2.95. The van der Waals surface area contributed by atoms with Gasteiger partial charge >= 0.3 is 0 Å². The molecule has 1 N–H and O–H groups in total. The van der Waals surface area contributed by atoms with Crippen molar-refractivity contribution >= 4 is 5.91 Å². The van der Waals surface area contributed by atoms with Crippen molar-refractivity contribution in [3.63, 3.8) is 0 Å². The Bertz CT molecular complexity index is 470. The second-order valence-electron chi connectivity index (χ2n) is 5.61. The van der Waals surface area contributed by atoms with Crippen molar-refractivity contribution in [2.45, 2.75) is 38.6 Å². The molecule has 0 radical (unpaired) electrons. The minimum atomic E-state index is -0.422. The first-order valence-corrected chi connectivity index (χ1v) is 7.33. The number of nitrogens with zero attached hydrogens (tertiary/aromatic N) is 1. The number of benzene rings is 1. The quantitative estimate of drug-likeness (QED) is 0.898. The summed E-state index contributed by atoms with van der Waals surface area (Å²) < 4.78 is 13.8. The summed E-state index contributed by atoms with van der Waals surface area (Å²) in [6.07, 6.45) is 5.10. The highest BCUT2D eigenvalue weighted by Crippen LogP contribution is 2.21. The lowest BCUT2D eigenvalue weighted by Crippen LogP contribution is -2.37. The Morgan fingerprint density at radius 3 is 2.80 bits per heavy atom. The predicted molar refractivity (Wildman–Crippen MR) is 78.4 cm³/mol. The fraction of sp³-hybridized carbons (Fsp3) is 0.562. The van der Waals surface area contributed by atoms with Crippen LogP contribution in [0.2, 0.25) is 0 Å². The van der Waals surface area contributed by atoms with E-state index in [0.29, 0.717) is 18.2 Å². The largest absolute Gasteiger partial charge is 0.351 e. The molecule has 1 fully saturated rings. The van der Waals surface area contributed by atoms with Crippen molar-refractivity contribution in [1.29, 1.82) is 0 Å². The summed E-state index contributed by atoms with van der Waals surface area (Å²) in [6.45, 7) is 3.03. The van der Waals surface area contributed by atoms with E-state index in [1.165, 1.54) is 31.7 Å². The third-order valence-electron chi connectivity index (χ3n) is 4.13. The highest BCUT2D eigenvalue weighted by Gasteiger charge is 2.19. The summed E-state index contributed by atoms with van der Waals surface area (Å²) in [5.74, 6) is -0.750. The molecule has 0 bridgehead atoms. The van der Waals surface area contributed by atoms with Gasteiger partial charge in [-0.3, -0.25) is 4.79 Å². The van der Waals surface area contributed by atoms with Crippen molar-refractivity contribution in [3.05, 3.63) is 35.1 Å². The maximum Gasteiger partial charge on any atom is 0.254 e. The summed E-state index contributed by atoms with van der Waals surface area (Å²) in [5.41, 5.74) is 0.634. The van der Waals surface area contributed by atoms with Gasteiger partial charge in [-0.25, -0.2) is 4.39 Å². The van der Waals surface area contributed by atoms with E-state index < -0.39 is 5.82 Å². The molecular formula is C16H23FN2O. The molecule has 0 unspecified atom stereocenters. The smallest absolute Gasteiger partial charge is 0.254 e. The van der Waals surface area contributed by atoms with E-state index in [1.54, 1.807) is 19.1 Å². The first-order valence-electron chi connectivity index (χ1n) is 7.33. The van der Waals surface area contributed by atoms with E-state index in [-0.39, 0.29) is 11.5 Å². The minimum absolute atomic E-state index is 0.133. The van der Waals surface area contributed by atoms with Gasteiger partial charge in [0.2, 0.25) is 0 Å². The Morgan fingerprint density at radius 2 is 2.10 bits per heavy atom.